The fraction of sp³-hybridized carbons (Fsp3) is 0.731. The van der Waals surface area contributed by atoms with E-state index in [-0.39, 0.29) is 54.5 Å². The predicted molar refractivity (Wildman–Crippen MR) is 188 cm³/mol. The zero-order valence-corrected chi connectivity index (χ0v) is 32.9. The van der Waals surface area contributed by atoms with Gasteiger partial charge in [-0.2, -0.15) is 16.9 Å². The molecule has 0 aliphatic carbocycles. The molecule has 1 aliphatic heterocycles. The molecule has 3 heterocycles. The van der Waals surface area contributed by atoms with Gasteiger partial charge in [0.25, 0.3) is 0 Å². The van der Waals surface area contributed by atoms with Crippen molar-refractivity contribution in [3.63, 3.8) is 0 Å². The molecule has 0 saturated carbocycles. The van der Waals surface area contributed by atoms with Crippen molar-refractivity contribution in [2.24, 2.45) is 5.41 Å². The van der Waals surface area contributed by atoms with Gasteiger partial charge in [-0.15, -0.1) is 0 Å². The highest BCUT2D eigenvalue weighted by molar-refractivity contribution is 7.80. The Labute approximate surface area is 314 Å². The normalized spacial score (nSPS) is 22.7. The number of fused-ring (bicyclic) bond motifs is 1. The third-order valence-corrected chi connectivity index (χ3v) is 11.2. The maximum Gasteiger partial charge on any atom is 0.481 e. The third-order valence-electron chi connectivity index (χ3n) is 7.86. The Morgan fingerprint density at radius 2 is 1.76 bits per heavy atom. The van der Waals surface area contributed by atoms with Crippen LogP contribution in [0, 0.1) is 5.41 Å². The van der Waals surface area contributed by atoms with Crippen LogP contribution in [0.5, 0.6) is 0 Å². The molecular weight excluding hydrogens is 807 g/mol. The van der Waals surface area contributed by atoms with Gasteiger partial charge in [0.15, 0.2) is 23.2 Å². The Morgan fingerprint density at radius 3 is 2.39 bits per heavy atom. The number of aromatic nitrogens is 4. The second kappa shape index (κ2) is 19.3. The van der Waals surface area contributed by atoms with Crippen molar-refractivity contribution in [1.82, 2.24) is 30.2 Å². The average molecular weight is 854 g/mol. The van der Waals surface area contributed by atoms with E-state index >= 15 is 0 Å². The van der Waals surface area contributed by atoms with Crippen molar-refractivity contribution in [3.05, 3.63) is 12.2 Å². The smallest absolute Gasteiger partial charge is 0.393 e. The highest BCUT2D eigenvalue weighted by atomic mass is 32.1. The number of phosphoric ester groups is 3. The summed E-state index contributed by atoms with van der Waals surface area (Å²) in [6, 6.07) is 0. The van der Waals surface area contributed by atoms with Crippen LogP contribution in [0.1, 0.15) is 52.1 Å². The van der Waals surface area contributed by atoms with Crippen LogP contribution in [0.15, 0.2) is 6.33 Å². The number of carbonyl (C=O) groups excluding carboxylic acids is 2. The van der Waals surface area contributed by atoms with Gasteiger partial charge in [-0.3, -0.25) is 27.7 Å². The quantitative estimate of drug-likeness (QED) is 0.0502. The first kappa shape index (κ1) is 46.2. The molecule has 24 nitrogen and oxygen atoms in total. The Balaban J connectivity index is 1.71. The highest BCUT2D eigenvalue weighted by Gasteiger charge is 2.51. The molecule has 2 aromatic heterocycles. The van der Waals surface area contributed by atoms with E-state index in [2.05, 4.69) is 42.5 Å². The number of imidazole rings is 1. The number of nitrogen functional groups attached to an aromatic ring is 1. The summed E-state index contributed by atoms with van der Waals surface area (Å²) in [5, 5.41) is 36.7. The number of carbonyl (C=O) groups is 2. The number of anilines is 1. The van der Waals surface area contributed by atoms with Crippen LogP contribution in [0.25, 0.3) is 11.2 Å². The van der Waals surface area contributed by atoms with Crippen molar-refractivity contribution in [1.29, 1.82) is 0 Å². The number of hydrogen-bond donors (Lipinski definition) is 11. The largest absolute Gasteiger partial charge is 0.481 e. The second-order valence-corrected chi connectivity index (χ2v) is 17.3. The van der Waals surface area contributed by atoms with Crippen LogP contribution in [0.2, 0.25) is 0 Å². The van der Waals surface area contributed by atoms with Gasteiger partial charge >= 0.3 is 23.5 Å². The lowest BCUT2D eigenvalue weighted by Gasteiger charge is -2.30. The van der Waals surface area contributed by atoms with Crippen molar-refractivity contribution in [2.45, 2.75) is 83.2 Å². The summed E-state index contributed by atoms with van der Waals surface area (Å²) >= 11 is 3.96. The summed E-state index contributed by atoms with van der Waals surface area (Å²) in [5.74, 6) is -0.844. The van der Waals surface area contributed by atoms with Gasteiger partial charge in [-0.25, -0.2) is 28.6 Å². The Hall–Kier alpha value is -2.15. The Morgan fingerprint density at radius 1 is 1.09 bits per heavy atom. The molecule has 1 aliphatic rings. The second-order valence-electron chi connectivity index (χ2n) is 12.6. The lowest BCUT2D eigenvalue weighted by Crippen LogP contribution is -2.46. The standard InChI is InChI=1S/C26H46N7O17P3S/c1-4-14(34)5-6-16-32-18-22(27)30-13-31-23(18)33(16)25-19(36)20(49-51(39,40)41)15(48-25)11-46-52(42,43)50-53(44,45)47-12-26(2,3)21(37)24(38)29-8-7-17(35)28-9-10-54/h13-15,19-21,25,34,36-37,54H,4-12H2,1-3H3,(H,28,35)(H,29,38)(H,42,43)(H,44,45)(H2,27,30,31)(H2,39,40,41)/t14?,15-,19-,20-,21+,25-/m1/s1. The number of nitrogens with zero attached hydrogens (tertiary/aromatic N) is 4. The van der Waals surface area contributed by atoms with Crippen LogP contribution in [0.3, 0.4) is 0 Å². The van der Waals surface area contributed by atoms with Gasteiger partial charge in [0.1, 0.15) is 36.6 Å². The molecule has 3 rings (SSSR count). The van der Waals surface area contributed by atoms with E-state index in [4.69, 9.17) is 24.0 Å². The average Bonchev–Trinajstić information content (AvgIpc) is 3.59. The van der Waals surface area contributed by atoms with Gasteiger partial charge in [0.05, 0.1) is 19.3 Å². The van der Waals surface area contributed by atoms with Crippen molar-refractivity contribution >= 4 is 64.9 Å². The van der Waals surface area contributed by atoms with Crippen LogP contribution in [-0.2, 0) is 52.3 Å². The predicted octanol–water partition coefficient (Wildman–Crippen LogP) is -0.962. The number of aliphatic hydroxyl groups is 3. The number of rotatable bonds is 22. The number of thiol groups is 1. The van der Waals surface area contributed by atoms with E-state index in [1.54, 1.807) is 6.92 Å². The zero-order chi connectivity index (χ0) is 40.6. The number of aryl methyl sites for hydroxylation is 1. The third kappa shape index (κ3) is 13.2. The van der Waals surface area contributed by atoms with Crippen molar-refractivity contribution in [2.75, 3.05) is 37.8 Å². The van der Waals surface area contributed by atoms with Gasteiger partial charge in [0.2, 0.25) is 11.8 Å². The van der Waals surface area contributed by atoms with Gasteiger partial charge in [-0.1, -0.05) is 20.8 Å². The molecule has 0 bridgehead atoms. The molecule has 0 aromatic carbocycles. The molecule has 0 spiro atoms. The van der Waals surface area contributed by atoms with Crippen LogP contribution in [-0.4, -0.2) is 129 Å². The fourth-order valence-corrected chi connectivity index (χ4v) is 7.92. The Kier molecular flexibility index (Phi) is 16.6. The number of nitrogens with two attached hydrogens (primary N) is 1. The van der Waals surface area contributed by atoms with Crippen LogP contribution < -0.4 is 16.4 Å². The topological polar surface area (TPSA) is 367 Å². The number of nitrogens with one attached hydrogen (secondary N) is 2. The number of ether oxygens (including phenoxy) is 1. The number of phosphoric acid groups is 3. The summed E-state index contributed by atoms with van der Waals surface area (Å²) in [7, 11) is -16.5. The van der Waals surface area contributed by atoms with E-state index in [0.717, 1.165) is 6.33 Å². The highest BCUT2D eigenvalue weighted by Crippen LogP contribution is 2.61. The number of hydrogen-bond acceptors (Lipinski definition) is 18. The number of amides is 2. The summed E-state index contributed by atoms with van der Waals surface area (Å²) < 4.78 is 62.9. The fourth-order valence-electron chi connectivity index (χ4n) is 4.98. The summed E-state index contributed by atoms with van der Waals surface area (Å²) in [6.45, 7) is 2.39. The van der Waals surface area contributed by atoms with Crippen LogP contribution >= 0.6 is 36.1 Å². The minimum atomic E-state index is -5.60. The molecule has 2 amide bonds. The van der Waals surface area contributed by atoms with Crippen LogP contribution in [0.4, 0.5) is 5.82 Å². The van der Waals surface area contributed by atoms with Gasteiger partial charge < -0.3 is 56.0 Å². The molecule has 308 valence electrons. The van der Waals surface area contributed by atoms with E-state index in [9.17, 15) is 58.2 Å². The van der Waals surface area contributed by atoms with E-state index < -0.39 is 84.8 Å². The Bertz CT molecular complexity index is 1750. The first-order valence-electron chi connectivity index (χ1n) is 16.2. The van der Waals surface area contributed by atoms with Crippen molar-refractivity contribution in [3.8, 4) is 0 Å². The van der Waals surface area contributed by atoms with Gasteiger partial charge in [0, 0.05) is 37.1 Å². The first-order chi connectivity index (χ1) is 25.0. The SMILES string of the molecule is CCC(O)CCc1nc2c(N)ncnc2n1[C@@H]1O[C@H](COP(=O)(O)OP(=O)(O)OCC(C)(C)[C@@H](O)C(=O)NCCC(=O)NCCS)[C@@H](OP(=O)(O)O)[C@H]1O. The molecule has 54 heavy (non-hydrogen) atoms. The number of aliphatic hydroxyl groups excluding tert-OH is 3. The maximum absolute atomic E-state index is 12.8. The lowest BCUT2D eigenvalue weighted by molar-refractivity contribution is -0.137. The summed E-state index contributed by atoms with van der Waals surface area (Å²) in [6.07, 6.45) is -8.26. The summed E-state index contributed by atoms with van der Waals surface area (Å²) in [5.41, 5.74) is 4.43. The first-order valence-corrected chi connectivity index (χ1v) is 21.4. The van der Waals surface area contributed by atoms with E-state index in [0.29, 0.717) is 18.7 Å². The van der Waals surface area contributed by atoms with Crippen molar-refractivity contribution < 1.29 is 80.8 Å². The molecule has 8 atom stereocenters. The molecule has 1 saturated heterocycles. The zero-order valence-electron chi connectivity index (χ0n) is 29.3. The van der Waals surface area contributed by atoms with E-state index in [1.807, 2.05) is 0 Å². The molecule has 0 radical (unpaired) electrons. The molecule has 2 aromatic rings. The van der Waals surface area contributed by atoms with E-state index in [1.165, 1.54) is 18.4 Å². The molecule has 28 heteroatoms. The molecule has 11 N–H and O–H groups in total. The maximum atomic E-state index is 12.8. The molecular formula is C26H46N7O17P3S. The molecule has 1 fully saturated rings. The summed E-state index contributed by atoms with van der Waals surface area (Å²) in [4.78, 5) is 76.1. The van der Waals surface area contributed by atoms with Gasteiger partial charge in [-0.05, 0) is 12.8 Å². The monoisotopic (exact) mass is 853 g/mol. The minimum Gasteiger partial charge on any atom is -0.393 e. The molecule has 3 unspecified atom stereocenters. The minimum absolute atomic E-state index is 0.0106. The lowest BCUT2D eigenvalue weighted by atomic mass is 9.87.